The quantitative estimate of drug-likeness (QED) is 0.507. The number of methoxy groups -OCH3 is 1. The van der Waals surface area contributed by atoms with Crippen LogP contribution in [0.25, 0.3) is 11.3 Å². The number of piperidine rings is 3. The van der Waals surface area contributed by atoms with Crippen LogP contribution in [0.15, 0.2) is 54.6 Å². The van der Waals surface area contributed by atoms with E-state index in [1.807, 2.05) is 30.3 Å². The first-order valence-electron chi connectivity index (χ1n) is 12.0. The maximum atomic E-state index is 9.09. The molecule has 0 radical (unpaired) electrons. The third kappa shape index (κ3) is 4.88. The predicted octanol–water partition coefficient (Wildman–Crippen LogP) is 4.13. The molecule has 2 N–H and O–H groups in total. The van der Waals surface area contributed by atoms with E-state index in [9.17, 15) is 0 Å². The summed E-state index contributed by atoms with van der Waals surface area (Å²) in [6.07, 6.45) is 2.35. The van der Waals surface area contributed by atoms with Crippen LogP contribution in [0.2, 0.25) is 0 Å². The Labute approximate surface area is 211 Å². The number of ether oxygens (including phenoxy) is 1. The molecule has 180 valence electrons. The number of hydrogen-bond donors (Lipinski definition) is 2. The minimum absolute atomic E-state index is 0.456. The molecule has 3 aliphatic rings. The predicted molar refractivity (Wildman–Crippen MR) is 141 cm³/mol. The van der Waals surface area contributed by atoms with Crippen LogP contribution >= 0.6 is 12.2 Å². The molecule has 2 aromatic carbocycles. The van der Waals surface area contributed by atoms with E-state index >= 15 is 0 Å². The molecule has 0 saturated carbocycles. The van der Waals surface area contributed by atoms with Gasteiger partial charge in [-0.3, -0.25) is 9.58 Å². The average molecular weight is 487 g/mol. The Morgan fingerprint density at radius 1 is 1.23 bits per heavy atom. The van der Waals surface area contributed by atoms with Gasteiger partial charge in [-0.15, -0.1) is 0 Å². The van der Waals surface area contributed by atoms with Crippen LogP contribution in [0.3, 0.4) is 0 Å². The molecule has 4 unspecified atom stereocenters. The van der Waals surface area contributed by atoms with Gasteiger partial charge >= 0.3 is 0 Å². The number of thiocarbonyl (C=S) groups is 1. The Morgan fingerprint density at radius 3 is 2.86 bits per heavy atom. The van der Waals surface area contributed by atoms with Crippen LogP contribution in [-0.2, 0) is 7.05 Å². The van der Waals surface area contributed by atoms with E-state index in [2.05, 4.69) is 45.5 Å². The first-order chi connectivity index (χ1) is 17.1. The molecule has 0 spiro atoms. The number of hydrogen-bond acceptors (Lipinski definition) is 5. The van der Waals surface area contributed by atoms with E-state index in [1.54, 1.807) is 19.2 Å². The van der Waals surface area contributed by atoms with Crippen molar-refractivity contribution in [1.82, 2.24) is 20.0 Å². The SMILES string of the molecule is COc1ccccc1-c1cc(C2CN3CCC2CC3CNC(=S)Nc2cccc(C#N)c2)n(C)n1. The summed E-state index contributed by atoms with van der Waals surface area (Å²) in [6, 6.07) is 20.3. The average Bonchev–Trinajstić information content (AvgIpc) is 3.29. The molecule has 3 aromatic rings. The van der Waals surface area contributed by atoms with Gasteiger partial charge in [-0.05, 0) is 73.9 Å². The molecule has 3 fully saturated rings. The maximum Gasteiger partial charge on any atom is 0.170 e. The molecule has 35 heavy (non-hydrogen) atoms. The van der Waals surface area contributed by atoms with E-state index in [-0.39, 0.29) is 0 Å². The lowest BCUT2D eigenvalue weighted by molar-refractivity contribution is 0.0303. The first kappa shape index (κ1) is 23.3. The molecule has 4 heterocycles. The fraction of sp³-hybridized carbons (Fsp3) is 0.370. The number of para-hydroxylation sites is 1. The standard InChI is InChI=1S/C27H30N6OS/c1-32-25(14-24(31-32)22-8-3-4-9-26(22)34-2)23-17-33-11-10-19(23)13-21(33)16-29-27(35)30-20-7-5-6-18(12-20)15-28/h3-9,12,14,19,21,23H,10-11,13,16-17H2,1-2H3,(H2,29,30,35). The minimum Gasteiger partial charge on any atom is -0.496 e. The Hall–Kier alpha value is -3.41. The smallest absolute Gasteiger partial charge is 0.170 e. The minimum atomic E-state index is 0.456. The highest BCUT2D eigenvalue weighted by atomic mass is 32.1. The van der Waals surface area contributed by atoms with Crippen molar-refractivity contribution < 1.29 is 4.74 Å². The third-order valence-corrected chi connectivity index (χ3v) is 7.55. The lowest BCUT2D eigenvalue weighted by atomic mass is 9.74. The zero-order valence-electron chi connectivity index (χ0n) is 20.1. The molecule has 4 atom stereocenters. The molecule has 7 nitrogen and oxygen atoms in total. The van der Waals surface area contributed by atoms with Crippen molar-refractivity contribution >= 4 is 23.0 Å². The largest absolute Gasteiger partial charge is 0.496 e. The van der Waals surface area contributed by atoms with Crippen LogP contribution in [-0.4, -0.2) is 52.6 Å². The molecule has 1 aromatic heterocycles. The van der Waals surface area contributed by atoms with Crippen LogP contribution in [0, 0.1) is 17.2 Å². The van der Waals surface area contributed by atoms with Crippen molar-refractivity contribution in [3.05, 3.63) is 65.9 Å². The Balaban J connectivity index is 1.22. The summed E-state index contributed by atoms with van der Waals surface area (Å²) in [7, 11) is 3.76. The Kier molecular flexibility index (Phi) is 6.71. The molecule has 3 saturated heterocycles. The van der Waals surface area contributed by atoms with Gasteiger partial charge in [0.05, 0.1) is 24.4 Å². The normalized spacial score (nSPS) is 22.9. The third-order valence-electron chi connectivity index (χ3n) is 7.31. The van der Waals surface area contributed by atoms with Crippen LogP contribution < -0.4 is 15.4 Å². The summed E-state index contributed by atoms with van der Waals surface area (Å²) in [4.78, 5) is 2.59. The molecule has 0 aliphatic carbocycles. The van der Waals surface area contributed by atoms with Crippen molar-refractivity contribution in [1.29, 1.82) is 5.26 Å². The molecular weight excluding hydrogens is 456 g/mol. The highest BCUT2D eigenvalue weighted by Gasteiger charge is 2.41. The van der Waals surface area contributed by atoms with Crippen molar-refractivity contribution in [2.75, 3.05) is 32.1 Å². The number of fused-ring (bicyclic) bond motifs is 3. The van der Waals surface area contributed by atoms with E-state index in [0.29, 0.717) is 28.6 Å². The van der Waals surface area contributed by atoms with Gasteiger partial charge in [0.15, 0.2) is 5.11 Å². The van der Waals surface area contributed by atoms with Crippen LogP contribution in [0.1, 0.15) is 30.0 Å². The van der Waals surface area contributed by atoms with E-state index in [0.717, 1.165) is 48.7 Å². The van der Waals surface area contributed by atoms with Crippen molar-refractivity contribution in [2.24, 2.45) is 13.0 Å². The molecule has 3 aliphatic heterocycles. The van der Waals surface area contributed by atoms with Gasteiger partial charge < -0.3 is 15.4 Å². The van der Waals surface area contributed by atoms with E-state index < -0.39 is 0 Å². The fourth-order valence-electron chi connectivity index (χ4n) is 5.55. The second-order valence-electron chi connectivity index (χ2n) is 9.35. The summed E-state index contributed by atoms with van der Waals surface area (Å²) < 4.78 is 7.61. The number of nitrogens with one attached hydrogen (secondary N) is 2. The topological polar surface area (TPSA) is 78.1 Å². The molecule has 8 heteroatoms. The monoisotopic (exact) mass is 486 g/mol. The number of nitriles is 1. The zero-order chi connectivity index (χ0) is 24.4. The summed E-state index contributed by atoms with van der Waals surface area (Å²) in [5, 5.41) is 21.1. The highest BCUT2D eigenvalue weighted by Crippen LogP contribution is 2.42. The molecule has 0 amide bonds. The van der Waals surface area contributed by atoms with E-state index in [4.69, 9.17) is 27.3 Å². The van der Waals surface area contributed by atoms with Crippen molar-refractivity contribution in [3.8, 4) is 23.1 Å². The van der Waals surface area contributed by atoms with Gasteiger partial charge in [-0.25, -0.2) is 0 Å². The van der Waals surface area contributed by atoms with Gasteiger partial charge in [0.1, 0.15) is 5.75 Å². The van der Waals surface area contributed by atoms with Gasteiger partial charge in [-0.1, -0.05) is 18.2 Å². The summed E-state index contributed by atoms with van der Waals surface area (Å²) in [6.45, 7) is 2.96. The number of anilines is 1. The number of nitrogens with zero attached hydrogens (tertiary/aromatic N) is 4. The molecule has 2 bridgehead atoms. The van der Waals surface area contributed by atoms with Gasteiger partial charge in [-0.2, -0.15) is 10.4 Å². The molecule has 6 rings (SSSR count). The van der Waals surface area contributed by atoms with Gasteiger partial charge in [0.2, 0.25) is 0 Å². The lowest BCUT2D eigenvalue weighted by Crippen LogP contribution is -2.56. The Morgan fingerprint density at radius 2 is 2.09 bits per heavy atom. The van der Waals surface area contributed by atoms with Crippen LogP contribution in [0.4, 0.5) is 5.69 Å². The number of rotatable bonds is 6. The van der Waals surface area contributed by atoms with Gasteiger partial charge in [0, 0.05) is 49.0 Å². The van der Waals surface area contributed by atoms with Crippen LogP contribution in [0.5, 0.6) is 5.75 Å². The number of aromatic nitrogens is 2. The molecular formula is C27H30N6OS. The first-order valence-corrected chi connectivity index (χ1v) is 12.4. The maximum absolute atomic E-state index is 9.09. The van der Waals surface area contributed by atoms with Crippen molar-refractivity contribution in [3.63, 3.8) is 0 Å². The highest BCUT2D eigenvalue weighted by molar-refractivity contribution is 7.80. The number of benzene rings is 2. The lowest BCUT2D eigenvalue weighted by Gasteiger charge is -2.50. The van der Waals surface area contributed by atoms with Gasteiger partial charge in [0.25, 0.3) is 0 Å². The summed E-state index contributed by atoms with van der Waals surface area (Å²) in [5.41, 5.74) is 4.73. The zero-order valence-corrected chi connectivity index (χ0v) is 20.9. The Bertz CT molecular complexity index is 1260. The second kappa shape index (κ2) is 10.1. The van der Waals surface area contributed by atoms with E-state index in [1.165, 1.54) is 12.1 Å². The summed E-state index contributed by atoms with van der Waals surface area (Å²) >= 11 is 5.51. The number of aryl methyl sites for hydroxylation is 1. The van der Waals surface area contributed by atoms with Crippen molar-refractivity contribution in [2.45, 2.75) is 24.8 Å². The second-order valence-corrected chi connectivity index (χ2v) is 9.75. The fourth-order valence-corrected chi connectivity index (χ4v) is 5.76. The summed E-state index contributed by atoms with van der Waals surface area (Å²) in [5.74, 6) is 1.95.